The molecule has 0 saturated carbocycles. The second-order valence-electron chi connectivity index (χ2n) is 8.65. The molecule has 5 rings (SSSR count). The molecule has 2 aliphatic heterocycles. The molecule has 0 aliphatic carbocycles. The van der Waals surface area contributed by atoms with Crippen molar-refractivity contribution in [2.24, 2.45) is 11.0 Å². The molecule has 2 atom stereocenters. The van der Waals surface area contributed by atoms with E-state index in [2.05, 4.69) is 15.5 Å². The van der Waals surface area contributed by atoms with Crippen LogP contribution < -0.4 is 10.2 Å². The van der Waals surface area contributed by atoms with Crippen LogP contribution in [0, 0.1) is 5.92 Å². The molecule has 2 aliphatic rings. The number of oxazole rings is 1. The Morgan fingerprint density at radius 1 is 1.24 bits per heavy atom. The number of carboxylic acid groups (broad SMARTS) is 1. The van der Waals surface area contributed by atoms with Crippen LogP contribution in [0.5, 0.6) is 5.75 Å². The van der Waals surface area contributed by atoms with Gasteiger partial charge in [-0.25, -0.2) is 15.2 Å². The molecule has 9 nitrogen and oxygen atoms in total. The number of nitrogens with one attached hydrogen (secondary N) is 1. The summed E-state index contributed by atoms with van der Waals surface area (Å²) in [5, 5.41) is 13.5. The molecule has 2 aromatic carbocycles. The molecule has 3 aromatic rings. The van der Waals surface area contributed by atoms with E-state index in [1.165, 1.54) is 4.90 Å². The number of rotatable bonds is 6. The number of hydrogen-bond acceptors (Lipinski definition) is 6. The number of carbonyl (C=O) groups excluding carboxylic acids is 1. The van der Waals surface area contributed by atoms with Crippen molar-refractivity contribution in [2.45, 2.75) is 38.6 Å². The van der Waals surface area contributed by atoms with E-state index in [0.29, 0.717) is 36.8 Å². The Morgan fingerprint density at radius 3 is 2.79 bits per heavy atom. The predicted molar refractivity (Wildman–Crippen MR) is 126 cm³/mol. The van der Waals surface area contributed by atoms with Gasteiger partial charge >= 0.3 is 6.09 Å². The van der Waals surface area contributed by atoms with Crippen molar-refractivity contribution >= 4 is 28.8 Å². The monoisotopic (exact) mass is 462 g/mol. The molecular weight excluding hydrogens is 436 g/mol. The highest BCUT2D eigenvalue weighted by molar-refractivity contribution is 6.07. The van der Waals surface area contributed by atoms with E-state index in [0.717, 1.165) is 41.6 Å². The first-order valence-corrected chi connectivity index (χ1v) is 11.5. The lowest BCUT2D eigenvalue weighted by atomic mass is 9.90. The molecule has 34 heavy (non-hydrogen) atoms. The number of aromatic nitrogens is 1. The summed E-state index contributed by atoms with van der Waals surface area (Å²) in [6, 6.07) is 13.1. The minimum atomic E-state index is -0.897. The predicted octanol–water partition coefficient (Wildman–Crippen LogP) is 4.27. The minimum Gasteiger partial charge on any atom is -0.491 e. The number of ether oxygens (including phenoxy) is 1. The van der Waals surface area contributed by atoms with Gasteiger partial charge in [0.1, 0.15) is 17.9 Å². The first-order chi connectivity index (χ1) is 16.5. The number of benzene rings is 2. The molecule has 1 fully saturated rings. The van der Waals surface area contributed by atoms with Crippen molar-refractivity contribution < 1.29 is 23.8 Å². The Labute approximate surface area is 196 Å². The lowest BCUT2D eigenvalue weighted by Crippen LogP contribution is -2.37. The van der Waals surface area contributed by atoms with E-state index in [4.69, 9.17) is 9.15 Å². The first-order valence-electron chi connectivity index (χ1n) is 11.5. The van der Waals surface area contributed by atoms with Gasteiger partial charge < -0.3 is 19.2 Å². The zero-order chi connectivity index (χ0) is 23.7. The van der Waals surface area contributed by atoms with Crippen molar-refractivity contribution in [1.82, 2.24) is 15.3 Å². The largest absolute Gasteiger partial charge is 0.491 e. The number of hydrazone groups is 1. The number of hydrogen-bond donors (Lipinski definition) is 2. The van der Waals surface area contributed by atoms with Gasteiger partial charge in [-0.1, -0.05) is 13.0 Å². The van der Waals surface area contributed by atoms with E-state index in [9.17, 15) is 14.7 Å². The zero-order valence-electron chi connectivity index (χ0n) is 18.9. The number of amides is 2. The molecule has 1 saturated heterocycles. The number of carbonyl (C=O) groups is 2. The molecule has 1 unspecified atom stereocenters. The van der Waals surface area contributed by atoms with Crippen LogP contribution >= 0.6 is 0 Å². The highest BCUT2D eigenvalue weighted by atomic mass is 16.5. The van der Waals surface area contributed by atoms with Crippen LogP contribution in [-0.2, 0) is 4.79 Å². The van der Waals surface area contributed by atoms with Gasteiger partial charge in [0.15, 0.2) is 5.58 Å². The number of fused-ring (bicyclic) bond motifs is 1. The highest BCUT2D eigenvalue weighted by Crippen LogP contribution is 2.29. The van der Waals surface area contributed by atoms with E-state index in [-0.39, 0.29) is 17.9 Å². The highest BCUT2D eigenvalue weighted by Gasteiger charge is 2.29. The summed E-state index contributed by atoms with van der Waals surface area (Å²) < 4.78 is 11.9. The number of likely N-dealkylation sites (tertiary alicyclic amines) is 1. The minimum absolute atomic E-state index is 0.0616. The van der Waals surface area contributed by atoms with E-state index in [1.807, 2.05) is 49.4 Å². The van der Waals surface area contributed by atoms with Gasteiger partial charge in [-0.15, -0.1) is 0 Å². The fraction of sp³-hybridized carbons (Fsp3) is 0.360. The third kappa shape index (κ3) is 4.33. The lowest BCUT2D eigenvalue weighted by molar-refractivity contribution is -0.122. The van der Waals surface area contributed by atoms with Crippen LogP contribution in [0.1, 0.15) is 38.2 Å². The summed E-state index contributed by atoms with van der Waals surface area (Å²) in [4.78, 5) is 29.0. The summed E-state index contributed by atoms with van der Waals surface area (Å²) in [6.45, 7) is 2.94. The average Bonchev–Trinajstić information content (AvgIpc) is 3.49. The maximum Gasteiger partial charge on any atom is 0.407 e. The van der Waals surface area contributed by atoms with E-state index < -0.39 is 6.09 Å². The third-order valence-electron chi connectivity index (χ3n) is 6.46. The van der Waals surface area contributed by atoms with Crippen LogP contribution in [0.25, 0.3) is 22.6 Å². The summed E-state index contributed by atoms with van der Waals surface area (Å²) in [7, 11) is 0. The van der Waals surface area contributed by atoms with Crippen molar-refractivity contribution in [2.75, 3.05) is 13.2 Å². The molecule has 176 valence electrons. The average molecular weight is 463 g/mol. The fourth-order valence-corrected chi connectivity index (χ4v) is 4.57. The molecule has 0 bridgehead atoms. The summed E-state index contributed by atoms with van der Waals surface area (Å²) in [5.41, 5.74) is 6.54. The standard InChI is InChI=1S/C25H26N4O5/c1-2-15-13-22(30)27-28-23(15)17-7-10-20-21(12-17)34-24(26-20)16-5-8-19(9-6-16)33-14-18-4-3-11-29(18)25(31)32/h5-10,12,15,18H,2-4,11,13-14H2,1H3,(H,27,30)(H,31,32)/t15?,18-/m0/s1. The Hall–Kier alpha value is -3.88. The van der Waals surface area contributed by atoms with Crippen LogP contribution in [0.15, 0.2) is 52.0 Å². The molecule has 0 radical (unpaired) electrons. The van der Waals surface area contributed by atoms with Crippen LogP contribution in [0.3, 0.4) is 0 Å². The van der Waals surface area contributed by atoms with E-state index >= 15 is 0 Å². The smallest absolute Gasteiger partial charge is 0.407 e. The summed E-state index contributed by atoms with van der Waals surface area (Å²) in [5.74, 6) is 1.18. The Balaban J connectivity index is 1.30. The molecule has 9 heteroatoms. The summed E-state index contributed by atoms with van der Waals surface area (Å²) in [6.07, 6.45) is 2.03. The molecule has 2 amide bonds. The lowest BCUT2D eigenvalue weighted by Gasteiger charge is -2.21. The van der Waals surface area contributed by atoms with Gasteiger partial charge in [0, 0.05) is 30.0 Å². The molecule has 3 heterocycles. The third-order valence-corrected chi connectivity index (χ3v) is 6.46. The van der Waals surface area contributed by atoms with Gasteiger partial charge in [0.05, 0.1) is 11.8 Å². The van der Waals surface area contributed by atoms with Crippen LogP contribution in [-0.4, -0.2) is 51.9 Å². The molecule has 1 aromatic heterocycles. The molecule has 0 spiro atoms. The van der Waals surface area contributed by atoms with Crippen molar-refractivity contribution in [3.8, 4) is 17.2 Å². The normalized spacial score (nSPS) is 20.3. The van der Waals surface area contributed by atoms with Gasteiger partial charge in [-0.3, -0.25) is 4.79 Å². The zero-order valence-corrected chi connectivity index (χ0v) is 18.9. The Bertz CT molecular complexity index is 1250. The second-order valence-corrected chi connectivity index (χ2v) is 8.65. The van der Waals surface area contributed by atoms with E-state index in [1.54, 1.807) is 0 Å². The van der Waals surface area contributed by atoms with Crippen molar-refractivity contribution in [3.05, 3.63) is 48.0 Å². The number of nitrogens with zero attached hydrogens (tertiary/aromatic N) is 3. The Kier molecular flexibility index (Phi) is 5.91. The maximum absolute atomic E-state index is 11.7. The van der Waals surface area contributed by atoms with Crippen molar-refractivity contribution in [1.29, 1.82) is 0 Å². The maximum atomic E-state index is 11.7. The first kappa shape index (κ1) is 21.9. The van der Waals surface area contributed by atoms with Gasteiger partial charge in [-0.2, -0.15) is 5.10 Å². The van der Waals surface area contributed by atoms with Gasteiger partial charge in [0.25, 0.3) is 0 Å². The van der Waals surface area contributed by atoms with Crippen LogP contribution in [0.2, 0.25) is 0 Å². The summed E-state index contributed by atoms with van der Waals surface area (Å²) >= 11 is 0. The Morgan fingerprint density at radius 2 is 2.03 bits per heavy atom. The van der Waals surface area contributed by atoms with Gasteiger partial charge in [0.2, 0.25) is 11.8 Å². The molecule has 2 N–H and O–H groups in total. The van der Waals surface area contributed by atoms with Crippen LogP contribution in [0.4, 0.5) is 4.79 Å². The topological polar surface area (TPSA) is 117 Å². The fourth-order valence-electron chi connectivity index (χ4n) is 4.57. The second kappa shape index (κ2) is 9.17. The van der Waals surface area contributed by atoms with Gasteiger partial charge in [-0.05, 0) is 55.7 Å². The van der Waals surface area contributed by atoms with Crippen molar-refractivity contribution in [3.63, 3.8) is 0 Å². The SMILES string of the molecule is CCC1CC(=O)NN=C1c1ccc2nc(-c3ccc(OC[C@@H]4CCCN4C(=O)O)cc3)oc2c1. The quantitative estimate of drug-likeness (QED) is 0.565. The molecular formula is C25H26N4O5.